The van der Waals surface area contributed by atoms with Gasteiger partial charge in [0.15, 0.2) is 0 Å². The Morgan fingerprint density at radius 3 is 2.83 bits per heavy atom. The molecule has 1 amide bonds. The molecule has 0 bridgehead atoms. The molecule has 0 unspecified atom stereocenters. The van der Waals surface area contributed by atoms with Gasteiger partial charge in [0.2, 0.25) is 5.91 Å². The Kier molecular flexibility index (Phi) is 5.51. The zero-order valence-electron chi connectivity index (χ0n) is 14.8. The van der Waals surface area contributed by atoms with Crippen molar-refractivity contribution >= 4 is 16.9 Å². The number of imidazole rings is 1. The Hall–Kier alpha value is -1.88. The van der Waals surface area contributed by atoms with Gasteiger partial charge in [0.05, 0.1) is 11.0 Å². The third-order valence-electron chi connectivity index (χ3n) is 4.99. The molecule has 1 saturated heterocycles. The number of piperidine rings is 1. The fourth-order valence-corrected chi connectivity index (χ4v) is 3.41. The Balaban J connectivity index is 1.44. The number of nitrogens with one attached hydrogen (secondary N) is 1. The van der Waals surface area contributed by atoms with Crippen LogP contribution in [0.25, 0.3) is 11.0 Å². The maximum absolute atomic E-state index is 12.0. The summed E-state index contributed by atoms with van der Waals surface area (Å²) in [6.45, 7) is 6.03. The molecule has 0 atom stereocenters. The second-order valence-corrected chi connectivity index (χ2v) is 6.82. The highest BCUT2D eigenvalue weighted by Gasteiger charge is 2.10. The minimum Gasteiger partial charge on any atom is -0.352 e. The predicted octanol–water partition coefficient (Wildman–Crippen LogP) is 2.76. The van der Waals surface area contributed by atoms with Crippen molar-refractivity contribution in [3.8, 4) is 0 Å². The average Bonchev–Trinajstić information content (AvgIpc) is 2.88. The molecule has 24 heavy (non-hydrogen) atoms. The van der Waals surface area contributed by atoms with Crippen molar-refractivity contribution in [2.45, 2.75) is 45.6 Å². The monoisotopic (exact) mass is 328 g/mol. The SMILES string of the molecule is Cc1nc2cc(CNC(=O)CCCN3CCCCC3)ccc2n1C. The van der Waals surface area contributed by atoms with Crippen LogP contribution in [0.5, 0.6) is 0 Å². The minimum atomic E-state index is 0.143. The molecule has 130 valence electrons. The van der Waals surface area contributed by atoms with Crippen LogP contribution in [-0.4, -0.2) is 40.0 Å². The van der Waals surface area contributed by atoms with Crippen LogP contribution < -0.4 is 5.32 Å². The Bertz CT molecular complexity index is 701. The van der Waals surface area contributed by atoms with E-state index in [4.69, 9.17) is 0 Å². The molecule has 1 aliphatic rings. The molecule has 2 aromatic rings. The van der Waals surface area contributed by atoms with E-state index in [-0.39, 0.29) is 5.91 Å². The number of benzene rings is 1. The molecule has 5 heteroatoms. The first-order chi connectivity index (χ1) is 11.6. The van der Waals surface area contributed by atoms with Gasteiger partial charge >= 0.3 is 0 Å². The zero-order chi connectivity index (χ0) is 16.9. The van der Waals surface area contributed by atoms with Crippen molar-refractivity contribution in [2.75, 3.05) is 19.6 Å². The van der Waals surface area contributed by atoms with Gasteiger partial charge in [0, 0.05) is 20.0 Å². The fourth-order valence-electron chi connectivity index (χ4n) is 3.41. The van der Waals surface area contributed by atoms with E-state index < -0.39 is 0 Å². The van der Waals surface area contributed by atoms with Gasteiger partial charge in [0.1, 0.15) is 5.82 Å². The molecule has 1 fully saturated rings. The van der Waals surface area contributed by atoms with Gasteiger partial charge in [-0.2, -0.15) is 0 Å². The molecular weight excluding hydrogens is 300 g/mol. The number of likely N-dealkylation sites (tertiary alicyclic amines) is 1. The third-order valence-corrected chi connectivity index (χ3v) is 4.99. The summed E-state index contributed by atoms with van der Waals surface area (Å²) in [5.41, 5.74) is 3.22. The van der Waals surface area contributed by atoms with E-state index in [9.17, 15) is 4.79 Å². The summed E-state index contributed by atoms with van der Waals surface area (Å²) in [4.78, 5) is 19.1. The van der Waals surface area contributed by atoms with Crippen molar-refractivity contribution in [2.24, 2.45) is 7.05 Å². The van der Waals surface area contributed by atoms with Crippen LogP contribution in [-0.2, 0) is 18.4 Å². The molecule has 0 saturated carbocycles. The minimum absolute atomic E-state index is 0.143. The van der Waals surface area contributed by atoms with Gasteiger partial charge < -0.3 is 14.8 Å². The van der Waals surface area contributed by atoms with E-state index in [1.54, 1.807) is 0 Å². The lowest BCUT2D eigenvalue weighted by Crippen LogP contribution is -2.31. The number of carbonyl (C=O) groups excluding carboxylic acids is 1. The molecule has 2 heterocycles. The topological polar surface area (TPSA) is 50.2 Å². The Labute approximate surface area is 144 Å². The first-order valence-electron chi connectivity index (χ1n) is 9.04. The molecule has 0 spiro atoms. The van der Waals surface area contributed by atoms with Crippen LogP contribution in [0.2, 0.25) is 0 Å². The van der Waals surface area contributed by atoms with Crippen LogP contribution in [0.3, 0.4) is 0 Å². The molecule has 0 aliphatic carbocycles. The van der Waals surface area contributed by atoms with E-state index in [1.165, 1.54) is 32.4 Å². The molecule has 1 aromatic carbocycles. The number of carbonyl (C=O) groups is 1. The van der Waals surface area contributed by atoms with Crippen LogP contribution in [0.15, 0.2) is 18.2 Å². The van der Waals surface area contributed by atoms with E-state index in [0.29, 0.717) is 13.0 Å². The van der Waals surface area contributed by atoms with Crippen LogP contribution in [0, 0.1) is 6.92 Å². The summed E-state index contributed by atoms with van der Waals surface area (Å²) < 4.78 is 2.08. The highest BCUT2D eigenvalue weighted by Crippen LogP contribution is 2.16. The Morgan fingerprint density at radius 1 is 1.25 bits per heavy atom. The van der Waals surface area contributed by atoms with Crippen molar-refractivity contribution in [3.05, 3.63) is 29.6 Å². The Morgan fingerprint density at radius 2 is 2.04 bits per heavy atom. The largest absolute Gasteiger partial charge is 0.352 e. The normalized spacial score (nSPS) is 15.8. The molecule has 5 nitrogen and oxygen atoms in total. The lowest BCUT2D eigenvalue weighted by atomic mass is 10.1. The molecule has 1 aliphatic heterocycles. The quantitative estimate of drug-likeness (QED) is 0.887. The number of hydrogen-bond donors (Lipinski definition) is 1. The number of hydrogen-bond acceptors (Lipinski definition) is 3. The van der Waals surface area contributed by atoms with Gasteiger partial charge in [-0.25, -0.2) is 4.98 Å². The number of aryl methyl sites for hydroxylation is 2. The van der Waals surface area contributed by atoms with Gasteiger partial charge in [0.25, 0.3) is 0 Å². The molecule has 1 N–H and O–H groups in total. The summed E-state index contributed by atoms with van der Waals surface area (Å²) in [5.74, 6) is 1.15. The molecule has 1 aromatic heterocycles. The second kappa shape index (κ2) is 7.79. The average molecular weight is 328 g/mol. The van der Waals surface area contributed by atoms with Crippen molar-refractivity contribution in [1.29, 1.82) is 0 Å². The summed E-state index contributed by atoms with van der Waals surface area (Å²) in [5, 5.41) is 3.03. The third kappa shape index (κ3) is 4.15. The first-order valence-corrected chi connectivity index (χ1v) is 9.04. The van der Waals surface area contributed by atoms with Gasteiger partial charge in [-0.15, -0.1) is 0 Å². The number of aromatic nitrogens is 2. The smallest absolute Gasteiger partial charge is 0.220 e. The standard InChI is InChI=1S/C19H28N4O/c1-15-21-17-13-16(8-9-18(17)22(15)2)14-20-19(24)7-6-12-23-10-4-3-5-11-23/h8-9,13H,3-7,10-12,14H2,1-2H3,(H,20,24). The van der Waals surface area contributed by atoms with Gasteiger partial charge in [-0.1, -0.05) is 12.5 Å². The van der Waals surface area contributed by atoms with Crippen molar-refractivity contribution in [3.63, 3.8) is 0 Å². The van der Waals surface area contributed by atoms with E-state index in [2.05, 4.69) is 38.0 Å². The summed E-state index contributed by atoms with van der Waals surface area (Å²) in [6.07, 6.45) is 5.53. The van der Waals surface area contributed by atoms with Crippen LogP contribution in [0.1, 0.15) is 43.5 Å². The highest BCUT2D eigenvalue weighted by molar-refractivity contribution is 5.78. The number of rotatable bonds is 6. The maximum Gasteiger partial charge on any atom is 0.220 e. The number of nitrogens with zero attached hydrogens (tertiary/aromatic N) is 3. The van der Waals surface area contributed by atoms with Crippen LogP contribution in [0.4, 0.5) is 0 Å². The van der Waals surface area contributed by atoms with Gasteiger partial charge in [-0.05, 0) is 63.5 Å². The number of amides is 1. The molecule has 3 rings (SSSR count). The predicted molar refractivity (Wildman–Crippen MR) is 96.8 cm³/mol. The zero-order valence-corrected chi connectivity index (χ0v) is 14.8. The highest BCUT2D eigenvalue weighted by atomic mass is 16.1. The van der Waals surface area contributed by atoms with Crippen LogP contribution >= 0.6 is 0 Å². The maximum atomic E-state index is 12.0. The van der Waals surface area contributed by atoms with Gasteiger partial charge in [-0.3, -0.25) is 4.79 Å². The number of fused-ring (bicyclic) bond motifs is 1. The summed E-state index contributed by atoms with van der Waals surface area (Å²) >= 11 is 0. The first kappa shape index (κ1) is 17.0. The van der Waals surface area contributed by atoms with Crippen molar-refractivity contribution in [1.82, 2.24) is 19.8 Å². The fraction of sp³-hybridized carbons (Fsp3) is 0.579. The van der Waals surface area contributed by atoms with E-state index in [0.717, 1.165) is 35.4 Å². The van der Waals surface area contributed by atoms with Crippen molar-refractivity contribution < 1.29 is 4.79 Å². The van der Waals surface area contributed by atoms with E-state index in [1.807, 2.05) is 14.0 Å². The molecule has 0 radical (unpaired) electrons. The lowest BCUT2D eigenvalue weighted by molar-refractivity contribution is -0.121. The van der Waals surface area contributed by atoms with E-state index >= 15 is 0 Å². The summed E-state index contributed by atoms with van der Waals surface area (Å²) in [6, 6.07) is 6.21. The lowest BCUT2D eigenvalue weighted by Gasteiger charge is -2.26. The second-order valence-electron chi connectivity index (χ2n) is 6.82. The molecular formula is C19H28N4O. The summed E-state index contributed by atoms with van der Waals surface area (Å²) in [7, 11) is 2.02.